The SMILES string of the molecule is O=S1(=O)C(S(=O)(=O)C(F)(F)C(F)(F)C(F)(F)F)CCC(F)(F)C1(F)F. The minimum absolute atomic E-state index is 2.24. The van der Waals surface area contributed by atoms with Gasteiger partial charge >= 0.3 is 28.5 Å². The van der Waals surface area contributed by atoms with E-state index in [9.17, 15) is 65.1 Å². The van der Waals surface area contributed by atoms with Crippen LogP contribution >= 0.6 is 0 Å². The van der Waals surface area contributed by atoms with Crippen LogP contribution in [0.4, 0.5) is 48.3 Å². The summed E-state index contributed by atoms with van der Waals surface area (Å²) in [7, 11) is -14.6. The minimum Gasteiger partial charge on any atom is -0.221 e. The number of sulfone groups is 2. The molecule has 0 aromatic carbocycles. The van der Waals surface area contributed by atoms with Gasteiger partial charge < -0.3 is 0 Å². The van der Waals surface area contributed by atoms with Gasteiger partial charge in [-0.05, 0) is 6.42 Å². The molecular weight excluding hydrogens is 433 g/mol. The Morgan fingerprint density at radius 1 is 0.880 bits per heavy atom. The van der Waals surface area contributed by atoms with Crippen molar-refractivity contribution in [3.05, 3.63) is 0 Å². The summed E-state index contributed by atoms with van der Waals surface area (Å²) in [6, 6.07) is 0. The molecule has 0 aromatic rings. The molecule has 0 saturated carbocycles. The van der Waals surface area contributed by atoms with Crippen LogP contribution < -0.4 is 0 Å². The summed E-state index contributed by atoms with van der Waals surface area (Å²) in [5, 5.41) is -13.5. The summed E-state index contributed by atoms with van der Waals surface area (Å²) in [4.78, 5) is 0. The van der Waals surface area contributed by atoms with Crippen LogP contribution in [0.15, 0.2) is 0 Å². The Labute approximate surface area is 131 Å². The normalized spacial score (nSPS) is 27.1. The summed E-state index contributed by atoms with van der Waals surface area (Å²) in [5.74, 6) is -12.8. The third-order valence-electron chi connectivity index (χ3n) is 3.25. The maximum absolute atomic E-state index is 13.3. The molecule has 0 radical (unpaired) electrons. The quantitative estimate of drug-likeness (QED) is 0.636. The lowest BCUT2D eigenvalue weighted by Crippen LogP contribution is -2.63. The first-order valence-corrected chi connectivity index (χ1v) is 8.73. The maximum atomic E-state index is 13.3. The van der Waals surface area contributed by atoms with Crippen molar-refractivity contribution in [1.82, 2.24) is 0 Å². The largest absolute Gasteiger partial charge is 0.461 e. The zero-order valence-electron chi connectivity index (χ0n) is 11.1. The molecule has 1 unspecified atom stereocenters. The summed E-state index contributed by atoms with van der Waals surface area (Å²) >= 11 is 0. The van der Waals surface area contributed by atoms with E-state index in [4.69, 9.17) is 0 Å². The van der Waals surface area contributed by atoms with E-state index in [2.05, 4.69) is 0 Å². The topological polar surface area (TPSA) is 68.3 Å². The molecule has 1 atom stereocenters. The Bertz CT molecular complexity index is 749. The van der Waals surface area contributed by atoms with Crippen molar-refractivity contribution >= 4 is 19.7 Å². The van der Waals surface area contributed by atoms with E-state index in [1.165, 1.54) is 0 Å². The van der Waals surface area contributed by atoms with Gasteiger partial charge in [-0.3, -0.25) is 0 Å². The maximum Gasteiger partial charge on any atom is 0.461 e. The van der Waals surface area contributed by atoms with E-state index in [1.807, 2.05) is 0 Å². The summed E-state index contributed by atoms with van der Waals surface area (Å²) < 4.78 is 181. The average Bonchev–Trinajstić information content (AvgIpc) is 2.34. The zero-order chi connectivity index (χ0) is 20.5. The molecule has 25 heavy (non-hydrogen) atoms. The molecule has 0 N–H and O–H groups in total. The third kappa shape index (κ3) is 2.68. The monoisotopic (exact) mass is 438 g/mol. The van der Waals surface area contributed by atoms with Gasteiger partial charge in [0.25, 0.3) is 0 Å². The van der Waals surface area contributed by atoms with Gasteiger partial charge in [0.15, 0.2) is 4.58 Å². The summed E-state index contributed by atoms with van der Waals surface area (Å²) in [5.41, 5.74) is 0. The molecule has 1 heterocycles. The Morgan fingerprint density at radius 3 is 1.64 bits per heavy atom. The van der Waals surface area contributed by atoms with Crippen molar-refractivity contribution in [1.29, 1.82) is 0 Å². The molecule has 1 aliphatic rings. The van der Waals surface area contributed by atoms with Gasteiger partial charge in [-0.15, -0.1) is 0 Å². The van der Waals surface area contributed by atoms with Crippen molar-refractivity contribution in [3.63, 3.8) is 0 Å². The first kappa shape index (κ1) is 22.2. The Kier molecular flexibility index (Phi) is 4.72. The van der Waals surface area contributed by atoms with Gasteiger partial charge in [0.05, 0.1) is 0 Å². The molecule has 1 rings (SSSR count). The van der Waals surface area contributed by atoms with Crippen LogP contribution in [0.2, 0.25) is 0 Å². The lowest BCUT2D eigenvalue weighted by molar-refractivity contribution is -0.332. The van der Waals surface area contributed by atoms with Gasteiger partial charge in [0, 0.05) is 6.42 Å². The highest BCUT2D eigenvalue weighted by Crippen LogP contribution is 2.55. The molecule has 0 amide bonds. The molecule has 1 fully saturated rings. The Balaban J connectivity index is 3.61. The molecule has 0 spiro atoms. The number of rotatable bonds is 3. The van der Waals surface area contributed by atoms with Crippen molar-refractivity contribution in [2.75, 3.05) is 0 Å². The number of hydrogen-bond acceptors (Lipinski definition) is 4. The van der Waals surface area contributed by atoms with Gasteiger partial charge in [-0.2, -0.15) is 48.3 Å². The predicted octanol–water partition coefficient (Wildman–Crippen LogP) is 2.95. The van der Waals surface area contributed by atoms with E-state index in [1.54, 1.807) is 0 Å². The molecule has 0 aromatic heterocycles. The highest BCUT2D eigenvalue weighted by molar-refractivity contribution is 8.10. The van der Waals surface area contributed by atoms with E-state index >= 15 is 0 Å². The lowest BCUT2D eigenvalue weighted by atomic mass is 10.2. The smallest absolute Gasteiger partial charge is 0.221 e. The van der Waals surface area contributed by atoms with Gasteiger partial charge in [0.1, 0.15) is 0 Å². The first-order valence-electron chi connectivity index (χ1n) is 5.64. The second kappa shape index (κ2) is 5.32. The fourth-order valence-electron chi connectivity index (χ4n) is 1.80. The number of alkyl halides is 11. The molecule has 17 heteroatoms. The van der Waals surface area contributed by atoms with Crippen LogP contribution in [0.1, 0.15) is 12.8 Å². The number of hydrogen-bond donors (Lipinski definition) is 0. The molecule has 0 aliphatic carbocycles. The van der Waals surface area contributed by atoms with Crippen LogP contribution in [-0.2, 0) is 19.7 Å². The van der Waals surface area contributed by atoms with Gasteiger partial charge in [0.2, 0.25) is 19.7 Å². The second-order valence-corrected chi connectivity index (χ2v) is 9.51. The van der Waals surface area contributed by atoms with E-state index in [0.717, 1.165) is 0 Å². The van der Waals surface area contributed by atoms with E-state index < -0.39 is 65.6 Å². The third-order valence-corrected chi connectivity index (χ3v) is 8.61. The van der Waals surface area contributed by atoms with Crippen LogP contribution in [-0.4, -0.2) is 49.9 Å². The molecular formula is C8H5F11O4S2. The molecule has 1 aliphatic heterocycles. The standard InChI is InChI=1S/C8H5F11O4S2/c9-4(10)2-1-3(24(20,21)7(4,16)17)25(22,23)8(18,19)5(11,12)6(13,14)15/h3H,1-2H2. The average molecular weight is 438 g/mol. The highest BCUT2D eigenvalue weighted by Gasteiger charge is 2.82. The first-order chi connectivity index (χ1) is 10.6. The Hall–Kier alpha value is -0.870. The van der Waals surface area contributed by atoms with Gasteiger partial charge in [-0.1, -0.05) is 0 Å². The van der Waals surface area contributed by atoms with Crippen molar-refractivity contribution in [2.45, 2.75) is 46.0 Å². The molecule has 4 nitrogen and oxygen atoms in total. The van der Waals surface area contributed by atoms with Crippen molar-refractivity contribution in [3.8, 4) is 0 Å². The van der Waals surface area contributed by atoms with Crippen LogP contribution in [0, 0.1) is 0 Å². The van der Waals surface area contributed by atoms with Crippen LogP contribution in [0.25, 0.3) is 0 Å². The predicted molar refractivity (Wildman–Crippen MR) is 56.7 cm³/mol. The fraction of sp³-hybridized carbons (Fsp3) is 1.00. The fourth-order valence-corrected chi connectivity index (χ4v) is 6.37. The van der Waals surface area contributed by atoms with Gasteiger partial charge in [-0.25, -0.2) is 16.8 Å². The molecule has 150 valence electrons. The highest BCUT2D eigenvalue weighted by atomic mass is 32.3. The zero-order valence-corrected chi connectivity index (χ0v) is 12.7. The molecule has 1 saturated heterocycles. The van der Waals surface area contributed by atoms with E-state index in [-0.39, 0.29) is 0 Å². The van der Waals surface area contributed by atoms with E-state index in [0.29, 0.717) is 0 Å². The van der Waals surface area contributed by atoms with Crippen LogP contribution in [0.3, 0.4) is 0 Å². The van der Waals surface area contributed by atoms with Crippen LogP contribution in [0.5, 0.6) is 0 Å². The summed E-state index contributed by atoms with van der Waals surface area (Å²) in [6.45, 7) is 0. The lowest BCUT2D eigenvalue weighted by Gasteiger charge is -2.37. The Morgan fingerprint density at radius 2 is 1.28 bits per heavy atom. The number of halogens is 11. The summed E-state index contributed by atoms with van der Waals surface area (Å²) in [6.07, 6.45) is -11.8. The van der Waals surface area contributed by atoms with Crippen molar-refractivity contribution < 1.29 is 65.1 Å². The molecule has 0 bridgehead atoms. The second-order valence-electron chi connectivity index (χ2n) is 4.87. The minimum atomic E-state index is -7.54. The van der Waals surface area contributed by atoms with Crippen molar-refractivity contribution in [2.24, 2.45) is 0 Å².